The van der Waals surface area contributed by atoms with E-state index in [1.54, 1.807) is 47.8 Å². The molecule has 25 N–H and O–H groups in total. The number of carbonyl (C=O) groups excluding carboxylic acids is 13. The molecule has 4 rings (SSSR count). The highest BCUT2D eigenvalue weighted by Crippen LogP contribution is 2.24. The molecule has 0 bridgehead atoms. The van der Waals surface area contributed by atoms with Crippen LogP contribution in [0.25, 0.3) is 0 Å². The molecule has 0 radical (unpaired) electrons. The van der Waals surface area contributed by atoms with Gasteiger partial charge in [-0.3, -0.25) is 72.3 Å². The first kappa shape index (κ1) is 94.9. The number of hydrogen-bond acceptors (Lipinski definition) is 23. The zero-order valence-corrected chi connectivity index (χ0v) is 67.4. The van der Waals surface area contributed by atoms with Gasteiger partial charge in [0.1, 0.15) is 78.5 Å². The molecule has 2 saturated heterocycles. The van der Waals surface area contributed by atoms with Crippen molar-refractivity contribution in [1.82, 2.24) is 88.2 Å². The number of aromatic amines is 2. The van der Waals surface area contributed by atoms with Gasteiger partial charge in [0.2, 0.25) is 76.8 Å². The van der Waals surface area contributed by atoms with Crippen LogP contribution < -0.4 is 87.2 Å². The van der Waals surface area contributed by atoms with Crippen LogP contribution in [0.2, 0.25) is 0 Å². The molecule has 0 aromatic carbocycles. The Morgan fingerprint density at radius 2 is 0.929 bits per heavy atom. The fraction of sp³-hybridized carbons (Fsp3) is 0.681. The first-order valence-electron chi connectivity index (χ1n) is 37.3. The summed E-state index contributed by atoms with van der Waals surface area (Å²) in [7, 11) is 0. The van der Waals surface area contributed by atoms with Crippen molar-refractivity contribution in [2.24, 2.45) is 56.4 Å². The molecule has 43 heteroatoms. The van der Waals surface area contributed by atoms with Gasteiger partial charge in [-0.05, 0) is 114 Å². The van der Waals surface area contributed by atoms with Gasteiger partial charge in [-0.15, -0.1) is 0 Å². The third-order valence-corrected chi connectivity index (χ3v) is 19.7. The Morgan fingerprint density at radius 1 is 0.518 bits per heavy atom. The Hall–Kier alpha value is -9.49. The van der Waals surface area contributed by atoms with Gasteiger partial charge in [-0.2, -0.15) is 37.0 Å². The number of aliphatic carboxylic acids is 1. The Bertz CT molecular complexity index is 3530. The number of thiol groups is 2. The minimum atomic E-state index is -1.75. The van der Waals surface area contributed by atoms with E-state index in [9.17, 15) is 72.5 Å². The van der Waals surface area contributed by atoms with Gasteiger partial charge in [0.05, 0.1) is 24.8 Å². The van der Waals surface area contributed by atoms with Crippen molar-refractivity contribution < 1.29 is 77.3 Å². The van der Waals surface area contributed by atoms with Crippen LogP contribution >= 0.6 is 37.0 Å². The van der Waals surface area contributed by atoms with Crippen molar-refractivity contribution in [3.63, 3.8) is 0 Å². The van der Waals surface area contributed by atoms with Crippen LogP contribution in [-0.4, -0.2) is 275 Å². The Morgan fingerprint density at radius 3 is 1.40 bits per heavy atom. The van der Waals surface area contributed by atoms with E-state index >= 15 is 4.79 Å². The number of carbonyl (C=O) groups is 14. The standard InChI is InChI=1S/C69H116N24O16S3/c1-34(2)24-45(59(100)83-44(18-23-112-9)57(98)89-49(31-111)67(108)109)85-54(95)37(7)81-56(97)42(14-10-19-77-68(71)72)84-61(102)50-16-12-21-92(50)65(106)47(25-35(3)4)87-60(101)46(26-39-28-75-32-79-39)86-62(103)51-17-13-22-93(51)66(107)48(27-40-29-76-33-80-40)88-64(105)53(38(8)94)91-63(104)52(36(5)6)90-58(99)43(15-11-20-78-69(73)74)82-55(96)41(70)30-110/h28-29,32-38,41-53,94,110-111H,10-27,30-31,70H2,1-9H3,(H,75,79)(H,76,80)(H,81,97)(H,82,96)(H,83,100)(H,84,102)(H,85,95)(H,86,103)(H,87,101)(H,88,105)(H,89,98)(H,90,99)(H,91,104)(H,108,109)(H4,71,72,77)(H4,73,74,78)/t37-,38+,41-,42-,43-,44-,45-,46-,47-,48-,49-,50-,51-,52-,53-/m0/s1. The highest BCUT2D eigenvalue weighted by Gasteiger charge is 2.44. The maximum atomic E-state index is 15.0. The van der Waals surface area contributed by atoms with Crippen LogP contribution in [0.15, 0.2) is 35.0 Å². The summed E-state index contributed by atoms with van der Waals surface area (Å²) >= 11 is 9.46. The number of aliphatic hydroxyl groups is 1. The summed E-state index contributed by atoms with van der Waals surface area (Å²) in [5.74, 6) is -13.2. The smallest absolute Gasteiger partial charge is 0.327 e. The van der Waals surface area contributed by atoms with E-state index < -0.39 is 179 Å². The summed E-state index contributed by atoms with van der Waals surface area (Å²) in [6.07, 6.45) is 6.55. The summed E-state index contributed by atoms with van der Waals surface area (Å²) in [5.41, 5.74) is 28.7. The number of imidazole rings is 2. The van der Waals surface area contributed by atoms with Crippen LogP contribution in [0.4, 0.5) is 0 Å². The number of aromatic nitrogens is 4. The number of hydrogen-bond donors (Lipinski definition) is 22. The first-order chi connectivity index (χ1) is 52.9. The predicted molar refractivity (Wildman–Crippen MR) is 423 cm³/mol. The molecule has 2 aromatic rings. The van der Waals surface area contributed by atoms with Gasteiger partial charge in [0.25, 0.3) is 0 Å². The normalized spacial score (nSPS) is 17.5. The van der Waals surface area contributed by atoms with Gasteiger partial charge in [-0.25, -0.2) is 14.8 Å². The second-order valence-electron chi connectivity index (χ2n) is 28.9. The highest BCUT2D eigenvalue weighted by molar-refractivity contribution is 7.98. The number of thioether (sulfide) groups is 1. The zero-order chi connectivity index (χ0) is 83.6. The fourth-order valence-electron chi connectivity index (χ4n) is 12.4. The number of aliphatic hydroxyl groups excluding tert-OH is 1. The molecule has 626 valence electrons. The van der Waals surface area contributed by atoms with Gasteiger partial charge < -0.3 is 117 Å². The molecule has 2 aliphatic rings. The van der Waals surface area contributed by atoms with Crippen molar-refractivity contribution >= 4 is 132 Å². The Kier molecular flexibility index (Phi) is 40.5. The van der Waals surface area contributed by atoms with E-state index in [0.717, 1.165) is 0 Å². The van der Waals surface area contributed by atoms with Crippen molar-refractivity contribution in [3.8, 4) is 0 Å². The van der Waals surface area contributed by atoms with Crippen LogP contribution in [0, 0.1) is 17.8 Å². The van der Waals surface area contributed by atoms with E-state index in [-0.39, 0.29) is 138 Å². The lowest BCUT2D eigenvalue weighted by atomic mass is 10.0. The van der Waals surface area contributed by atoms with Crippen molar-refractivity contribution in [3.05, 3.63) is 36.4 Å². The largest absolute Gasteiger partial charge is 0.480 e. The van der Waals surface area contributed by atoms with Crippen LogP contribution in [-0.2, 0) is 80.0 Å². The lowest BCUT2D eigenvalue weighted by Gasteiger charge is -2.32. The van der Waals surface area contributed by atoms with Crippen molar-refractivity contribution in [1.29, 1.82) is 0 Å². The van der Waals surface area contributed by atoms with Gasteiger partial charge in [0, 0.05) is 74.3 Å². The number of nitrogens with two attached hydrogens (primary N) is 5. The van der Waals surface area contributed by atoms with Crippen molar-refractivity contribution in [2.45, 2.75) is 230 Å². The molecule has 0 unspecified atom stereocenters. The Balaban J connectivity index is 1.56. The molecule has 2 aromatic heterocycles. The maximum Gasteiger partial charge on any atom is 0.327 e. The molecule has 112 heavy (non-hydrogen) atoms. The monoisotopic (exact) mass is 1630 g/mol. The van der Waals surface area contributed by atoms with E-state index in [2.05, 4.69) is 114 Å². The van der Waals surface area contributed by atoms with Gasteiger partial charge in [0.15, 0.2) is 11.9 Å². The second-order valence-corrected chi connectivity index (χ2v) is 30.6. The van der Waals surface area contributed by atoms with E-state index in [4.69, 9.17) is 28.7 Å². The lowest BCUT2D eigenvalue weighted by molar-refractivity contribution is -0.144. The minimum Gasteiger partial charge on any atom is -0.480 e. The lowest BCUT2D eigenvalue weighted by Crippen LogP contribution is -2.62. The maximum absolute atomic E-state index is 15.0. The summed E-state index contributed by atoms with van der Waals surface area (Å²) in [6, 6.07) is -18.6. The molecular weight excluding hydrogens is 1520 g/mol. The number of rotatable bonds is 48. The fourth-order valence-corrected chi connectivity index (χ4v) is 13.3. The molecule has 4 heterocycles. The number of nitrogens with zero attached hydrogens (tertiary/aromatic N) is 6. The number of aliphatic imine (C=N–C) groups is 2. The first-order valence-corrected chi connectivity index (χ1v) is 39.9. The predicted octanol–water partition coefficient (Wildman–Crippen LogP) is -5.49. The Labute approximate surface area is 666 Å². The molecule has 40 nitrogen and oxygen atoms in total. The summed E-state index contributed by atoms with van der Waals surface area (Å²) in [5, 5.41) is 49.6. The number of H-pyrrole nitrogens is 2. The SMILES string of the molecule is CSCC[C@H](NC(=O)[C@H](CC(C)C)NC(=O)[C@H](C)NC(=O)[C@H](CCCN=C(N)N)NC(=O)[C@@H]1CCCN1C(=O)[C@H](CC(C)C)NC(=O)[C@H](Cc1cnc[nH]1)NC(=O)[C@@H]1CCCN1C(=O)[C@H](Cc1cnc[nH]1)NC(=O)[C@@H](NC(=O)[C@@H](NC(=O)[C@H](CCCN=C(N)N)NC(=O)[C@@H](N)CS)C(C)C)[C@@H](C)O)C(=O)N[C@@H](CS)C(=O)O. The minimum absolute atomic E-state index is 0.00899. The van der Waals surface area contributed by atoms with E-state index in [1.165, 1.54) is 60.5 Å². The molecular formula is C69H116N24O16S3. The molecule has 0 spiro atoms. The quantitative estimate of drug-likeness (QED) is 0.0127. The third kappa shape index (κ3) is 31.2. The van der Waals surface area contributed by atoms with Crippen LogP contribution in [0.3, 0.4) is 0 Å². The van der Waals surface area contributed by atoms with Crippen LogP contribution in [0.5, 0.6) is 0 Å². The molecule has 2 fully saturated rings. The van der Waals surface area contributed by atoms with Crippen LogP contribution in [0.1, 0.15) is 137 Å². The summed E-state index contributed by atoms with van der Waals surface area (Å²) in [6.45, 7) is 13.1. The summed E-state index contributed by atoms with van der Waals surface area (Å²) < 4.78 is 0. The number of amides is 13. The third-order valence-electron chi connectivity index (χ3n) is 18.3. The molecule has 2 aliphatic heterocycles. The molecule has 0 saturated carbocycles. The summed E-state index contributed by atoms with van der Waals surface area (Å²) in [4.78, 5) is 221. The molecule has 0 aliphatic carbocycles. The zero-order valence-electron chi connectivity index (χ0n) is 64.8. The van der Waals surface area contributed by atoms with E-state index in [0.29, 0.717) is 23.6 Å². The average Bonchev–Trinajstić information content (AvgIpc) is 1.74. The number of carboxylic acid groups (broad SMARTS) is 1. The number of nitrogens with one attached hydrogen (secondary N) is 13. The van der Waals surface area contributed by atoms with Crippen molar-refractivity contribution in [2.75, 3.05) is 49.7 Å². The molecule has 13 amide bonds. The molecule has 15 atom stereocenters. The van der Waals surface area contributed by atoms with Gasteiger partial charge >= 0.3 is 5.97 Å². The number of carboxylic acids is 1. The number of guanidine groups is 2. The highest BCUT2D eigenvalue weighted by atomic mass is 32.2. The van der Waals surface area contributed by atoms with E-state index in [1.807, 2.05) is 0 Å². The van der Waals surface area contributed by atoms with Gasteiger partial charge in [-0.1, -0.05) is 41.5 Å². The average molecular weight is 1630 g/mol. The number of likely N-dealkylation sites (tertiary alicyclic amines) is 2. The topological polar surface area (TPSA) is 630 Å². The second kappa shape index (κ2) is 47.8.